The zero-order chi connectivity index (χ0) is 12.0. The van der Waals surface area contributed by atoms with Crippen molar-refractivity contribution in [3.8, 4) is 0 Å². The highest BCUT2D eigenvalue weighted by molar-refractivity contribution is 5.73. The molecule has 1 atom stereocenters. The van der Waals surface area contributed by atoms with E-state index in [2.05, 4.69) is 5.32 Å². The molecule has 0 aliphatic rings. The summed E-state index contributed by atoms with van der Waals surface area (Å²) in [6.45, 7) is 1.82. The third-order valence-electron chi connectivity index (χ3n) is 2.05. The molecule has 0 aliphatic heterocycles. The number of amides is 2. The number of rotatable bonds is 5. The average Bonchev–Trinajstić information content (AvgIpc) is 2.14. The lowest BCUT2D eigenvalue weighted by molar-refractivity contribution is -0.137. The fourth-order valence-corrected chi connectivity index (χ4v) is 1.35. The van der Waals surface area contributed by atoms with Crippen molar-refractivity contribution < 1.29 is 14.7 Å². The quantitative estimate of drug-likeness (QED) is 0.652. The second-order valence-electron chi connectivity index (χ2n) is 3.53. The molecule has 2 N–H and O–H groups in total. The van der Waals surface area contributed by atoms with Crippen molar-refractivity contribution >= 4 is 12.0 Å². The van der Waals surface area contributed by atoms with Crippen LogP contribution in [0.2, 0.25) is 0 Å². The Kier molecular flexibility index (Phi) is 5.69. The molecule has 1 unspecified atom stereocenters. The van der Waals surface area contributed by atoms with Crippen molar-refractivity contribution in [2.24, 2.45) is 0 Å². The Morgan fingerprint density at radius 1 is 1.40 bits per heavy atom. The molecule has 0 radical (unpaired) electrons. The Labute approximate surface area is 89.8 Å². The topological polar surface area (TPSA) is 72.9 Å². The minimum Gasteiger partial charge on any atom is -0.481 e. The van der Waals surface area contributed by atoms with Gasteiger partial charge in [0.25, 0.3) is 0 Å². The van der Waals surface area contributed by atoms with Crippen molar-refractivity contribution in [3.63, 3.8) is 0 Å². The van der Waals surface area contributed by atoms with E-state index >= 15 is 0 Å². The Morgan fingerprint density at radius 3 is 2.27 bits per heavy atom. The monoisotopic (exact) mass is 217 g/mol. The van der Waals surface area contributed by atoms with E-state index in [4.69, 9.17) is 5.11 Å². The highest BCUT2D eigenvalue weighted by Gasteiger charge is 2.21. The number of carbonyl (C=O) groups is 2. The molecule has 0 rings (SSSR count). The molecule has 0 bridgehead atoms. The number of hydrogen-bond acceptors (Lipinski definition) is 3. The summed E-state index contributed by atoms with van der Waals surface area (Å²) < 4.78 is 0. The van der Waals surface area contributed by atoms with Gasteiger partial charge in [0.2, 0.25) is 0 Å². The van der Waals surface area contributed by atoms with Gasteiger partial charge >= 0.3 is 12.0 Å². The van der Waals surface area contributed by atoms with Gasteiger partial charge < -0.3 is 10.4 Å². The Hall–Kier alpha value is -1.30. The van der Waals surface area contributed by atoms with Gasteiger partial charge in [-0.05, 0) is 13.3 Å². The van der Waals surface area contributed by atoms with Crippen molar-refractivity contribution in [2.45, 2.75) is 25.8 Å². The van der Waals surface area contributed by atoms with Crippen LogP contribution in [0.1, 0.15) is 19.8 Å². The van der Waals surface area contributed by atoms with Crippen LogP contribution in [0.3, 0.4) is 0 Å². The Bertz CT molecular complexity index is 231. The summed E-state index contributed by atoms with van der Waals surface area (Å²) in [6.07, 6.45) is 0.490. The largest absolute Gasteiger partial charge is 0.481 e. The van der Waals surface area contributed by atoms with Crippen LogP contribution < -0.4 is 5.32 Å². The normalized spacial score (nSPS) is 12.3. The number of urea groups is 1. The number of carbonyl (C=O) groups excluding carboxylic acids is 1. The highest BCUT2D eigenvalue weighted by atomic mass is 16.4. The maximum absolute atomic E-state index is 11.5. The van der Waals surface area contributed by atoms with Crippen molar-refractivity contribution in [3.05, 3.63) is 0 Å². The summed E-state index contributed by atoms with van der Waals surface area (Å²) >= 11 is 0. The summed E-state index contributed by atoms with van der Waals surface area (Å²) in [7, 11) is 5.03. The zero-order valence-electron chi connectivity index (χ0n) is 9.65. The van der Waals surface area contributed by atoms with Gasteiger partial charge in [0, 0.05) is 33.6 Å². The maximum Gasteiger partial charge on any atom is 0.331 e. The summed E-state index contributed by atoms with van der Waals surface area (Å²) in [4.78, 5) is 21.9. The fourth-order valence-electron chi connectivity index (χ4n) is 1.35. The molecule has 0 saturated heterocycles. The van der Waals surface area contributed by atoms with Crippen LogP contribution in [-0.2, 0) is 4.79 Å². The minimum atomic E-state index is -0.850. The standard InChI is InChI=1S/C9H19N3O3/c1-7(5-6-8(13)14)12(11(3)4)9(15)10-2/h7H,5-6H2,1-4H3,(H,10,15)(H,13,14). The van der Waals surface area contributed by atoms with Gasteiger partial charge in [-0.2, -0.15) is 0 Å². The van der Waals surface area contributed by atoms with Gasteiger partial charge in [0.05, 0.1) is 0 Å². The van der Waals surface area contributed by atoms with Gasteiger partial charge in [-0.1, -0.05) is 0 Å². The molecular weight excluding hydrogens is 198 g/mol. The van der Waals surface area contributed by atoms with E-state index in [1.165, 1.54) is 5.01 Å². The maximum atomic E-state index is 11.5. The predicted octanol–water partition coefficient (Wildman–Crippen LogP) is 0.358. The molecule has 15 heavy (non-hydrogen) atoms. The van der Waals surface area contributed by atoms with Crippen molar-refractivity contribution in [2.75, 3.05) is 21.1 Å². The van der Waals surface area contributed by atoms with Crippen molar-refractivity contribution in [1.82, 2.24) is 15.3 Å². The molecule has 0 aromatic carbocycles. The lowest BCUT2D eigenvalue weighted by Gasteiger charge is -2.33. The fraction of sp³-hybridized carbons (Fsp3) is 0.778. The molecule has 0 saturated carbocycles. The Balaban J connectivity index is 4.35. The van der Waals surface area contributed by atoms with E-state index in [1.807, 2.05) is 6.92 Å². The highest BCUT2D eigenvalue weighted by Crippen LogP contribution is 2.08. The van der Waals surface area contributed by atoms with Crippen LogP contribution in [0.25, 0.3) is 0 Å². The second kappa shape index (κ2) is 6.23. The van der Waals surface area contributed by atoms with Gasteiger partial charge in [0.15, 0.2) is 0 Å². The number of nitrogens with zero attached hydrogens (tertiary/aromatic N) is 2. The van der Waals surface area contributed by atoms with Crippen LogP contribution in [-0.4, -0.2) is 54.3 Å². The van der Waals surface area contributed by atoms with E-state index in [1.54, 1.807) is 26.2 Å². The molecule has 0 aromatic heterocycles. The molecule has 0 heterocycles. The predicted molar refractivity (Wildman–Crippen MR) is 56.3 cm³/mol. The number of nitrogens with one attached hydrogen (secondary N) is 1. The van der Waals surface area contributed by atoms with E-state index in [9.17, 15) is 9.59 Å². The van der Waals surface area contributed by atoms with Crippen LogP contribution in [0.4, 0.5) is 4.79 Å². The van der Waals surface area contributed by atoms with Gasteiger partial charge in [0.1, 0.15) is 0 Å². The molecule has 88 valence electrons. The first kappa shape index (κ1) is 13.7. The van der Waals surface area contributed by atoms with Crippen LogP contribution >= 0.6 is 0 Å². The summed E-state index contributed by atoms with van der Waals surface area (Å²) in [5.41, 5.74) is 0. The third kappa shape index (κ3) is 4.64. The van der Waals surface area contributed by atoms with Gasteiger partial charge in [-0.3, -0.25) is 9.80 Å². The van der Waals surface area contributed by atoms with Crippen molar-refractivity contribution in [1.29, 1.82) is 0 Å². The number of hydrazine groups is 1. The molecule has 0 aromatic rings. The van der Waals surface area contributed by atoms with Crippen LogP contribution in [0, 0.1) is 0 Å². The van der Waals surface area contributed by atoms with Gasteiger partial charge in [-0.25, -0.2) is 9.80 Å². The first-order valence-corrected chi connectivity index (χ1v) is 4.80. The second-order valence-corrected chi connectivity index (χ2v) is 3.53. The van der Waals surface area contributed by atoms with E-state index in [0.29, 0.717) is 6.42 Å². The molecule has 0 spiro atoms. The van der Waals surface area contributed by atoms with Gasteiger partial charge in [-0.15, -0.1) is 0 Å². The molecule has 0 aliphatic carbocycles. The smallest absolute Gasteiger partial charge is 0.331 e. The number of carboxylic acids is 1. The average molecular weight is 217 g/mol. The lowest BCUT2D eigenvalue weighted by atomic mass is 10.2. The number of aliphatic carboxylic acids is 1. The van der Waals surface area contributed by atoms with Crippen LogP contribution in [0.5, 0.6) is 0 Å². The Morgan fingerprint density at radius 2 is 1.93 bits per heavy atom. The molecule has 6 heteroatoms. The summed E-state index contributed by atoms with van der Waals surface area (Å²) in [5.74, 6) is -0.850. The van der Waals surface area contributed by atoms with Crippen LogP contribution in [0.15, 0.2) is 0 Å². The SMILES string of the molecule is CNC(=O)N(C(C)CCC(=O)O)N(C)C. The third-order valence-corrected chi connectivity index (χ3v) is 2.05. The minimum absolute atomic E-state index is 0.0580. The lowest BCUT2D eigenvalue weighted by Crippen LogP contribution is -2.51. The molecule has 2 amide bonds. The first-order valence-electron chi connectivity index (χ1n) is 4.80. The molecule has 0 fully saturated rings. The summed E-state index contributed by atoms with van der Waals surface area (Å²) in [5, 5.41) is 14.2. The van der Waals surface area contributed by atoms with E-state index in [0.717, 1.165) is 0 Å². The van der Waals surface area contributed by atoms with E-state index < -0.39 is 5.97 Å². The van der Waals surface area contributed by atoms with E-state index in [-0.39, 0.29) is 18.5 Å². The zero-order valence-corrected chi connectivity index (χ0v) is 9.65. The molecule has 6 nitrogen and oxygen atoms in total. The number of carboxylic acid groups (broad SMARTS) is 1. The first-order chi connectivity index (χ1) is 6.90. The summed E-state index contributed by atoms with van der Waals surface area (Å²) in [6, 6.07) is -0.381. The number of hydrogen-bond donors (Lipinski definition) is 2. The molecular formula is C9H19N3O3.